The van der Waals surface area contributed by atoms with E-state index in [2.05, 4.69) is 12.1 Å². The molecule has 150 valence electrons. The lowest BCUT2D eigenvalue weighted by Crippen LogP contribution is -2.35. The van der Waals surface area contributed by atoms with Crippen LogP contribution >= 0.6 is 0 Å². The minimum absolute atomic E-state index is 0.0713. The average molecular weight is 384 g/mol. The number of hydrogen-bond donors (Lipinski definition) is 1. The standard InChI is InChI=1S/C22H28N2O4/c1-26-18-6-4-15-8-10-24(11-9-16(15)12-18)22(25)14-19(23)17-5-7-20(27-2)21(13-17)28-3/h4-7,12-13,19H,8-11,14,23H2,1-3H3. The lowest BCUT2D eigenvalue weighted by molar-refractivity contribution is -0.131. The van der Waals surface area contributed by atoms with E-state index in [0.29, 0.717) is 24.6 Å². The number of nitrogens with zero attached hydrogens (tertiary/aromatic N) is 1. The van der Waals surface area contributed by atoms with Gasteiger partial charge in [-0.1, -0.05) is 12.1 Å². The number of rotatable bonds is 6. The predicted octanol–water partition coefficient (Wildman–Crippen LogP) is 2.73. The summed E-state index contributed by atoms with van der Waals surface area (Å²) in [6, 6.07) is 11.3. The van der Waals surface area contributed by atoms with Gasteiger partial charge >= 0.3 is 0 Å². The summed E-state index contributed by atoms with van der Waals surface area (Å²) in [4.78, 5) is 14.8. The number of ether oxygens (including phenoxy) is 3. The van der Waals surface area contributed by atoms with Gasteiger partial charge in [0, 0.05) is 25.6 Å². The normalized spacial score (nSPS) is 14.6. The number of methoxy groups -OCH3 is 3. The van der Waals surface area contributed by atoms with Crippen LogP contribution in [0.25, 0.3) is 0 Å². The summed E-state index contributed by atoms with van der Waals surface area (Å²) >= 11 is 0. The summed E-state index contributed by atoms with van der Waals surface area (Å²) in [5.74, 6) is 2.18. The molecule has 1 aliphatic heterocycles. The van der Waals surface area contributed by atoms with Crippen LogP contribution in [0.1, 0.15) is 29.2 Å². The molecule has 6 nitrogen and oxygen atoms in total. The molecule has 2 aromatic rings. The lowest BCUT2D eigenvalue weighted by Gasteiger charge is -2.22. The monoisotopic (exact) mass is 384 g/mol. The Morgan fingerprint density at radius 3 is 2.36 bits per heavy atom. The Kier molecular flexibility index (Phi) is 6.41. The Bertz CT molecular complexity index is 837. The van der Waals surface area contributed by atoms with Crippen molar-refractivity contribution >= 4 is 5.91 Å². The molecule has 0 fully saturated rings. The molecule has 1 heterocycles. The van der Waals surface area contributed by atoms with E-state index in [0.717, 1.165) is 24.2 Å². The molecule has 28 heavy (non-hydrogen) atoms. The topological polar surface area (TPSA) is 74.0 Å². The van der Waals surface area contributed by atoms with Gasteiger partial charge in [0.1, 0.15) is 5.75 Å². The first-order valence-electron chi connectivity index (χ1n) is 9.46. The third-order valence-corrected chi connectivity index (χ3v) is 5.30. The van der Waals surface area contributed by atoms with Crippen molar-refractivity contribution in [1.29, 1.82) is 0 Å². The fraction of sp³-hybridized carbons (Fsp3) is 0.409. The van der Waals surface area contributed by atoms with Crippen molar-refractivity contribution in [3.8, 4) is 17.2 Å². The number of hydrogen-bond acceptors (Lipinski definition) is 5. The van der Waals surface area contributed by atoms with Crippen molar-refractivity contribution < 1.29 is 19.0 Å². The quantitative estimate of drug-likeness (QED) is 0.829. The molecule has 0 aliphatic carbocycles. The Morgan fingerprint density at radius 1 is 0.964 bits per heavy atom. The number of fused-ring (bicyclic) bond motifs is 1. The molecule has 1 aliphatic rings. The average Bonchev–Trinajstić information content (AvgIpc) is 2.95. The summed E-state index contributed by atoms with van der Waals surface area (Å²) in [5, 5.41) is 0. The highest BCUT2D eigenvalue weighted by molar-refractivity contribution is 5.77. The maximum Gasteiger partial charge on any atom is 0.224 e. The number of amides is 1. The van der Waals surface area contributed by atoms with E-state index in [1.165, 1.54) is 11.1 Å². The minimum atomic E-state index is -0.391. The van der Waals surface area contributed by atoms with E-state index in [1.54, 1.807) is 21.3 Å². The highest BCUT2D eigenvalue weighted by Gasteiger charge is 2.22. The third kappa shape index (κ3) is 4.39. The first-order chi connectivity index (χ1) is 13.5. The molecule has 0 saturated heterocycles. The van der Waals surface area contributed by atoms with Gasteiger partial charge in [0.15, 0.2) is 11.5 Å². The number of carbonyl (C=O) groups is 1. The molecule has 1 atom stereocenters. The molecule has 2 N–H and O–H groups in total. The summed E-state index contributed by atoms with van der Waals surface area (Å²) in [6.45, 7) is 1.40. The van der Waals surface area contributed by atoms with E-state index >= 15 is 0 Å². The van der Waals surface area contributed by atoms with Crippen molar-refractivity contribution in [3.63, 3.8) is 0 Å². The molecular formula is C22H28N2O4. The lowest BCUT2D eigenvalue weighted by atomic mass is 10.0. The summed E-state index contributed by atoms with van der Waals surface area (Å²) in [5.41, 5.74) is 9.70. The van der Waals surface area contributed by atoms with Gasteiger partial charge in [0.25, 0.3) is 0 Å². The summed E-state index contributed by atoms with van der Waals surface area (Å²) in [6.07, 6.45) is 1.93. The van der Waals surface area contributed by atoms with E-state index in [9.17, 15) is 4.79 Å². The maximum atomic E-state index is 12.9. The van der Waals surface area contributed by atoms with Crippen molar-refractivity contribution in [2.75, 3.05) is 34.4 Å². The molecule has 0 aromatic heterocycles. The molecular weight excluding hydrogens is 356 g/mol. The van der Waals surface area contributed by atoms with Crippen LogP contribution in [0, 0.1) is 0 Å². The Hall–Kier alpha value is -2.73. The molecule has 2 aromatic carbocycles. The van der Waals surface area contributed by atoms with Crippen LogP contribution in [0.2, 0.25) is 0 Å². The number of carbonyl (C=O) groups excluding carboxylic acids is 1. The smallest absolute Gasteiger partial charge is 0.224 e. The Morgan fingerprint density at radius 2 is 1.68 bits per heavy atom. The van der Waals surface area contributed by atoms with Gasteiger partial charge in [-0.05, 0) is 53.8 Å². The second kappa shape index (κ2) is 8.97. The minimum Gasteiger partial charge on any atom is -0.497 e. The predicted molar refractivity (Wildman–Crippen MR) is 108 cm³/mol. The van der Waals surface area contributed by atoms with Crippen molar-refractivity contribution in [2.24, 2.45) is 5.73 Å². The molecule has 1 amide bonds. The van der Waals surface area contributed by atoms with Crippen molar-refractivity contribution in [1.82, 2.24) is 4.90 Å². The van der Waals surface area contributed by atoms with Crippen LogP contribution in [0.3, 0.4) is 0 Å². The molecule has 0 radical (unpaired) electrons. The fourth-order valence-corrected chi connectivity index (χ4v) is 3.60. The van der Waals surface area contributed by atoms with Gasteiger partial charge in [-0.2, -0.15) is 0 Å². The molecule has 1 unspecified atom stereocenters. The van der Waals surface area contributed by atoms with E-state index < -0.39 is 6.04 Å². The number of nitrogens with two attached hydrogens (primary N) is 1. The molecule has 0 spiro atoms. The van der Waals surface area contributed by atoms with Crippen molar-refractivity contribution in [3.05, 3.63) is 53.1 Å². The van der Waals surface area contributed by atoms with Crippen molar-refractivity contribution in [2.45, 2.75) is 25.3 Å². The van der Waals surface area contributed by atoms with Gasteiger partial charge in [0.05, 0.1) is 21.3 Å². The molecule has 0 bridgehead atoms. The first-order valence-corrected chi connectivity index (χ1v) is 9.46. The highest BCUT2D eigenvalue weighted by Crippen LogP contribution is 2.30. The second-order valence-electron chi connectivity index (χ2n) is 6.94. The van der Waals surface area contributed by atoms with Crippen LogP contribution < -0.4 is 19.9 Å². The zero-order chi connectivity index (χ0) is 20.1. The van der Waals surface area contributed by atoms with Crippen LogP contribution in [-0.2, 0) is 17.6 Å². The van der Waals surface area contributed by atoms with E-state index in [-0.39, 0.29) is 12.3 Å². The second-order valence-corrected chi connectivity index (χ2v) is 6.94. The third-order valence-electron chi connectivity index (χ3n) is 5.30. The first kappa shape index (κ1) is 20.0. The van der Waals surface area contributed by atoms with Gasteiger partial charge < -0.3 is 24.8 Å². The maximum absolute atomic E-state index is 12.9. The SMILES string of the molecule is COc1ccc2c(c1)CCN(C(=O)CC(N)c1ccc(OC)c(OC)c1)CC2. The van der Waals surface area contributed by atoms with Crippen LogP contribution in [0.4, 0.5) is 0 Å². The number of benzene rings is 2. The zero-order valence-electron chi connectivity index (χ0n) is 16.7. The van der Waals surface area contributed by atoms with Gasteiger partial charge in [-0.3, -0.25) is 4.79 Å². The zero-order valence-corrected chi connectivity index (χ0v) is 16.7. The summed E-state index contributed by atoms with van der Waals surface area (Å²) < 4.78 is 15.9. The summed E-state index contributed by atoms with van der Waals surface area (Å²) in [7, 11) is 4.85. The van der Waals surface area contributed by atoms with Crippen LogP contribution in [0.15, 0.2) is 36.4 Å². The molecule has 3 rings (SSSR count). The molecule has 0 saturated carbocycles. The van der Waals surface area contributed by atoms with Crippen LogP contribution in [0.5, 0.6) is 17.2 Å². The van der Waals surface area contributed by atoms with Gasteiger partial charge in [-0.25, -0.2) is 0 Å². The van der Waals surface area contributed by atoms with Gasteiger partial charge in [0.2, 0.25) is 5.91 Å². The van der Waals surface area contributed by atoms with Crippen LogP contribution in [-0.4, -0.2) is 45.2 Å². The van der Waals surface area contributed by atoms with Gasteiger partial charge in [-0.15, -0.1) is 0 Å². The highest BCUT2D eigenvalue weighted by atomic mass is 16.5. The van der Waals surface area contributed by atoms with E-state index in [4.69, 9.17) is 19.9 Å². The van der Waals surface area contributed by atoms with E-state index in [1.807, 2.05) is 29.2 Å². The molecule has 6 heteroatoms. The largest absolute Gasteiger partial charge is 0.497 e. The Balaban J connectivity index is 1.65. The Labute approximate surface area is 166 Å². The fourth-order valence-electron chi connectivity index (χ4n) is 3.60.